The number of carbonyl (C=O) groups is 1. The van der Waals surface area contributed by atoms with Gasteiger partial charge in [-0.1, -0.05) is 19.1 Å². The van der Waals surface area contributed by atoms with Crippen LogP contribution in [0.2, 0.25) is 0 Å². The summed E-state index contributed by atoms with van der Waals surface area (Å²) in [6.45, 7) is 4.04. The van der Waals surface area contributed by atoms with E-state index < -0.39 is 0 Å². The van der Waals surface area contributed by atoms with Crippen molar-refractivity contribution in [3.63, 3.8) is 0 Å². The maximum Gasteiger partial charge on any atom is 0.220 e. The van der Waals surface area contributed by atoms with Crippen molar-refractivity contribution in [2.75, 3.05) is 20.2 Å². The quantitative estimate of drug-likeness (QED) is 0.865. The third-order valence-corrected chi connectivity index (χ3v) is 3.84. The van der Waals surface area contributed by atoms with Gasteiger partial charge in [0.15, 0.2) is 0 Å². The fraction of sp³-hybridized carbons (Fsp3) is 0.562. The number of rotatable bonds is 5. The molecule has 2 N–H and O–H groups in total. The average molecular weight is 276 g/mol. The molecule has 1 heterocycles. The van der Waals surface area contributed by atoms with Crippen LogP contribution in [0.25, 0.3) is 0 Å². The largest absolute Gasteiger partial charge is 0.497 e. The van der Waals surface area contributed by atoms with Crippen LogP contribution in [0.3, 0.4) is 0 Å². The van der Waals surface area contributed by atoms with Crippen molar-refractivity contribution in [3.8, 4) is 5.75 Å². The van der Waals surface area contributed by atoms with Crippen molar-refractivity contribution >= 4 is 5.91 Å². The maximum absolute atomic E-state index is 12.1. The number of benzene rings is 1. The van der Waals surface area contributed by atoms with E-state index in [0.29, 0.717) is 12.5 Å². The predicted octanol–water partition coefficient (Wildman–Crippen LogP) is 2.06. The zero-order valence-corrected chi connectivity index (χ0v) is 12.3. The molecule has 20 heavy (non-hydrogen) atoms. The third-order valence-electron chi connectivity index (χ3n) is 3.84. The Labute approximate surface area is 120 Å². The van der Waals surface area contributed by atoms with Crippen LogP contribution in [-0.2, 0) is 4.79 Å². The number of piperidine rings is 1. The van der Waals surface area contributed by atoms with Gasteiger partial charge < -0.3 is 15.4 Å². The number of hydrogen-bond acceptors (Lipinski definition) is 3. The van der Waals surface area contributed by atoms with E-state index >= 15 is 0 Å². The Morgan fingerprint density at radius 2 is 2.20 bits per heavy atom. The van der Waals surface area contributed by atoms with Gasteiger partial charge in [0.2, 0.25) is 5.91 Å². The first kappa shape index (κ1) is 14.9. The molecular formula is C16H24N2O2. The molecule has 0 aromatic heterocycles. The summed E-state index contributed by atoms with van der Waals surface area (Å²) >= 11 is 0. The molecule has 4 heteroatoms. The number of hydrogen-bond donors (Lipinski definition) is 2. The normalized spacial score (nSPS) is 20.2. The van der Waals surface area contributed by atoms with Crippen molar-refractivity contribution in [2.24, 2.45) is 0 Å². The zero-order valence-electron chi connectivity index (χ0n) is 12.3. The Hall–Kier alpha value is -1.55. The smallest absolute Gasteiger partial charge is 0.220 e. The molecule has 1 aliphatic rings. The zero-order chi connectivity index (χ0) is 14.4. The van der Waals surface area contributed by atoms with E-state index in [4.69, 9.17) is 4.74 Å². The van der Waals surface area contributed by atoms with Crippen molar-refractivity contribution < 1.29 is 9.53 Å². The lowest BCUT2D eigenvalue weighted by Gasteiger charge is -2.24. The fourth-order valence-electron chi connectivity index (χ4n) is 2.59. The fourth-order valence-corrected chi connectivity index (χ4v) is 2.59. The molecule has 1 saturated heterocycles. The summed E-state index contributed by atoms with van der Waals surface area (Å²) in [5, 5.41) is 6.43. The first-order valence-corrected chi connectivity index (χ1v) is 7.33. The van der Waals surface area contributed by atoms with Gasteiger partial charge in [-0.2, -0.15) is 0 Å². The van der Waals surface area contributed by atoms with Gasteiger partial charge in [0, 0.05) is 19.0 Å². The van der Waals surface area contributed by atoms with Crippen molar-refractivity contribution in [1.82, 2.24) is 10.6 Å². The monoisotopic (exact) mass is 276 g/mol. The second-order valence-corrected chi connectivity index (χ2v) is 5.49. The van der Waals surface area contributed by atoms with Crippen LogP contribution in [0.15, 0.2) is 24.3 Å². The molecule has 2 rings (SSSR count). The van der Waals surface area contributed by atoms with Gasteiger partial charge >= 0.3 is 0 Å². The maximum atomic E-state index is 12.1. The van der Waals surface area contributed by atoms with E-state index in [0.717, 1.165) is 31.7 Å². The summed E-state index contributed by atoms with van der Waals surface area (Å²) in [4.78, 5) is 12.1. The standard InChI is InChI=1S/C16H24N2O2/c1-12(13-5-7-15(20-2)8-6-13)10-16(19)18-14-4-3-9-17-11-14/h5-8,12,14,17H,3-4,9-11H2,1-2H3,(H,18,19)/t12?,14-/m0/s1. The molecule has 0 spiro atoms. The van der Waals surface area contributed by atoms with Gasteiger partial charge in [-0.3, -0.25) is 4.79 Å². The molecular weight excluding hydrogens is 252 g/mol. The van der Waals surface area contributed by atoms with Gasteiger partial charge in [0.25, 0.3) is 0 Å². The van der Waals surface area contributed by atoms with E-state index in [1.54, 1.807) is 7.11 Å². The molecule has 1 aromatic rings. The lowest BCUT2D eigenvalue weighted by atomic mass is 9.97. The summed E-state index contributed by atoms with van der Waals surface area (Å²) in [5.74, 6) is 1.21. The van der Waals surface area contributed by atoms with Gasteiger partial charge in [-0.15, -0.1) is 0 Å². The average Bonchev–Trinajstić information content (AvgIpc) is 2.48. The summed E-state index contributed by atoms with van der Waals surface area (Å²) in [6.07, 6.45) is 2.75. The second kappa shape index (κ2) is 7.29. The SMILES string of the molecule is COc1ccc(C(C)CC(=O)N[C@H]2CCCNC2)cc1. The van der Waals surface area contributed by atoms with Crippen molar-refractivity contribution in [3.05, 3.63) is 29.8 Å². The molecule has 1 aromatic carbocycles. The van der Waals surface area contributed by atoms with Crippen LogP contribution in [0.4, 0.5) is 0 Å². The molecule has 1 amide bonds. The Morgan fingerprint density at radius 3 is 2.80 bits per heavy atom. The number of methoxy groups -OCH3 is 1. The van der Waals surface area contributed by atoms with E-state index in [-0.39, 0.29) is 11.8 Å². The van der Waals surface area contributed by atoms with Crippen LogP contribution in [0, 0.1) is 0 Å². The minimum Gasteiger partial charge on any atom is -0.497 e. The topological polar surface area (TPSA) is 50.4 Å². The van der Waals surface area contributed by atoms with Crippen LogP contribution in [0.5, 0.6) is 5.75 Å². The number of amides is 1. The number of ether oxygens (including phenoxy) is 1. The molecule has 0 radical (unpaired) electrons. The van der Waals surface area contributed by atoms with E-state index in [2.05, 4.69) is 17.6 Å². The van der Waals surface area contributed by atoms with Gasteiger partial charge in [-0.25, -0.2) is 0 Å². The molecule has 1 aliphatic heterocycles. The first-order chi connectivity index (χ1) is 9.69. The molecule has 110 valence electrons. The summed E-state index contributed by atoms with van der Waals surface area (Å²) in [7, 11) is 1.66. The molecule has 0 bridgehead atoms. The molecule has 0 saturated carbocycles. The lowest BCUT2D eigenvalue weighted by Crippen LogP contribution is -2.45. The third kappa shape index (κ3) is 4.23. The Balaban J connectivity index is 1.82. The highest BCUT2D eigenvalue weighted by Crippen LogP contribution is 2.21. The predicted molar refractivity (Wildman–Crippen MR) is 80.1 cm³/mol. The van der Waals surface area contributed by atoms with Crippen molar-refractivity contribution in [2.45, 2.75) is 38.1 Å². The molecule has 2 atom stereocenters. The Kier molecular flexibility index (Phi) is 5.41. The first-order valence-electron chi connectivity index (χ1n) is 7.33. The number of nitrogens with one attached hydrogen (secondary N) is 2. The summed E-state index contributed by atoms with van der Waals surface area (Å²) in [5.41, 5.74) is 1.17. The molecule has 1 unspecified atom stereocenters. The minimum absolute atomic E-state index is 0.141. The number of carbonyl (C=O) groups excluding carboxylic acids is 1. The minimum atomic E-state index is 0.141. The van der Waals surface area contributed by atoms with Crippen LogP contribution >= 0.6 is 0 Å². The lowest BCUT2D eigenvalue weighted by molar-refractivity contribution is -0.122. The van der Waals surface area contributed by atoms with Crippen LogP contribution in [0.1, 0.15) is 37.7 Å². The van der Waals surface area contributed by atoms with Crippen LogP contribution in [-0.4, -0.2) is 32.1 Å². The Bertz CT molecular complexity index is 425. The Morgan fingerprint density at radius 1 is 1.45 bits per heavy atom. The second-order valence-electron chi connectivity index (χ2n) is 5.49. The van der Waals surface area contributed by atoms with Gasteiger partial charge in [-0.05, 0) is 43.0 Å². The van der Waals surface area contributed by atoms with E-state index in [1.165, 1.54) is 5.56 Å². The molecule has 1 fully saturated rings. The van der Waals surface area contributed by atoms with Gasteiger partial charge in [0.1, 0.15) is 5.75 Å². The highest BCUT2D eigenvalue weighted by molar-refractivity contribution is 5.77. The highest BCUT2D eigenvalue weighted by Gasteiger charge is 2.17. The molecule has 4 nitrogen and oxygen atoms in total. The highest BCUT2D eigenvalue weighted by atomic mass is 16.5. The molecule has 0 aliphatic carbocycles. The summed E-state index contributed by atoms with van der Waals surface area (Å²) < 4.78 is 5.14. The van der Waals surface area contributed by atoms with Crippen LogP contribution < -0.4 is 15.4 Å². The van der Waals surface area contributed by atoms with Gasteiger partial charge in [0.05, 0.1) is 7.11 Å². The summed E-state index contributed by atoms with van der Waals surface area (Å²) in [6, 6.07) is 8.22. The van der Waals surface area contributed by atoms with Crippen molar-refractivity contribution in [1.29, 1.82) is 0 Å². The van der Waals surface area contributed by atoms with E-state index in [1.807, 2.05) is 24.3 Å². The van der Waals surface area contributed by atoms with E-state index in [9.17, 15) is 4.79 Å².